The standard InChI is InChI=1S/C14H15N3O2/c1-9(2)12(18-3)13-16-14(19-17-13)11-6-4-5-10(7-11)8-15/h4-7,9,12H,1-3H3. The number of rotatable bonds is 4. The van der Waals surface area contributed by atoms with Crippen LogP contribution in [-0.4, -0.2) is 17.3 Å². The molecule has 0 bridgehead atoms. The van der Waals surface area contributed by atoms with Gasteiger partial charge in [0.1, 0.15) is 6.10 Å². The normalized spacial score (nSPS) is 12.4. The van der Waals surface area contributed by atoms with Gasteiger partial charge in [0.2, 0.25) is 5.82 Å². The maximum absolute atomic E-state index is 8.88. The molecule has 1 unspecified atom stereocenters. The van der Waals surface area contributed by atoms with Crippen molar-refractivity contribution in [2.75, 3.05) is 7.11 Å². The van der Waals surface area contributed by atoms with Crippen molar-refractivity contribution >= 4 is 0 Å². The lowest BCUT2D eigenvalue weighted by Crippen LogP contribution is -2.10. The average molecular weight is 257 g/mol. The zero-order valence-electron chi connectivity index (χ0n) is 11.1. The summed E-state index contributed by atoms with van der Waals surface area (Å²) in [4.78, 5) is 4.34. The molecule has 98 valence electrons. The molecule has 0 spiro atoms. The molecule has 1 atom stereocenters. The Bertz CT molecular complexity index is 599. The predicted molar refractivity (Wildman–Crippen MR) is 69.0 cm³/mol. The minimum absolute atomic E-state index is 0.198. The Labute approximate surface area is 111 Å². The second kappa shape index (κ2) is 5.63. The first-order chi connectivity index (χ1) is 9.15. The molecule has 0 aliphatic rings. The van der Waals surface area contributed by atoms with Crippen molar-refractivity contribution in [1.29, 1.82) is 5.26 Å². The van der Waals surface area contributed by atoms with E-state index in [1.807, 2.05) is 19.9 Å². The molecule has 19 heavy (non-hydrogen) atoms. The molecule has 5 nitrogen and oxygen atoms in total. The highest BCUT2D eigenvalue weighted by Crippen LogP contribution is 2.25. The van der Waals surface area contributed by atoms with Gasteiger partial charge in [-0.25, -0.2) is 0 Å². The molecule has 0 saturated carbocycles. The molecule has 2 aromatic rings. The molecule has 1 aromatic heterocycles. The van der Waals surface area contributed by atoms with Crippen molar-refractivity contribution in [2.45, 2.75) is 20.0 Å². The summed E-state index contributed by atoms with van der Waals surface area (Å²) < 4.78 is 10.6. The van der Waals surface area contributed by atoms with E-state index >= 15 is 0 Å². The predicted octanol–water partition coefficient (Wildman–Crippen LogP) is 2.95. The first kappa shape index (κ1) is 13.2. The van der Waals surface area contributed by atoms with E-state index in [1.165, 1.54) is 0 Å². The molecule has 0 aliphatic carbocycles. The van der Waals surface area contributed by atoms with Gasteiger partial charge in [-0.3, -0.25) is 0 Å². The Morgan fingerprint density at radius 1 is 1.37 bits per heavy atom. The Hall–Kier alpha value is -2.19. The van der Waals surface area contributed by atoms with Crippen molar-refractivity contribution in [2.24, 2.45) is 5.92 Å². The smallest absolute Gasteiger partial charge is 0.258 e. The first-order valence-electron chi connectivity index (χ1n) is 6.02. The summed E-state index contributed by atoms with van der Waals surface area (Å²) in [5.74, 6) is 1.17. The number of nitrogens with zero attached hydrogens (tertiary/aromatic N) is 3. The zero-order chi connectivity index (χ0) is 13.8. The second-order valence-corrected chi connectivity index (χ2v) is 4.55. The molecule has 0 saturated heterocycles. The average Bonchev–Trinajstić information content (AvgIpc) is 2.89. The van der Waals surface area contributed by atoms with Gasteiger partial charge in [-0.2, -0.15) is 10.2 Å². The monoisotopic (exact) mass is 257 g/mol. The van der Waals surface area contributed by atoms with Gasteiger partial charge >= 0.3 is 0 Å². The summed E-state index contributed by atoms with van der Waals surface area (Å²) in [5.41, 5.74) is 1.29. The zero-order valence-corrected chi connectivity index (χ0v) is 11.1. The SMILES string of the molecule is COC(c1noc(-c2cccc(C#N)c2)n1)C(C)C. The van der Waals surface area contributed by atoms with E-state index in [0.29, 0.717) is 17.3 Å². The summed E-state index contributed by atoms with van der Waals surface area (Å²) >= 11 is 0. The molecule has 0 amide bonds. The number of methoxy groups -OCH3 is 1. The first-order valence-corrected chi connectivity index (χ1v) is 6.02. The van der Waals surface area contributed by atoms with Crippen molar-refractivity contribution in [3.63, 3.8) is 0 Å². The molecule has 0 fully saturated rings. The third-order valence-corrected chi connectivity index (χ3v) is 2.79. The topological polar surface area (TPSA) is 71.9 Å². The van der Waals surface area contributed by atoms with Crippen LogP contribution in [0.5, 0.6) is 0 Å². The number of hydrogen-bond donors (Lipinski definition) is 0. The number of ether oxygens (including phenoxy) is 1. The van der Waals surface area contributed by atoms with Gasteiger partial charge in [0.15, 0.2) is 0 Å². The maximum atomic E-state index is 8.88. The summed E-state index contributed by atoms with van der Waals surface area (Å²) in [7, 11) is 1.62. The largest absolute Gasteiger partial charge is 0.373 e. The van der Waals surface area contributed by atoms with Crippen molar-refractivity contribution in [3.8, 4) is 17.5 Å². The minimum Gasteiger partial charge on any atom is -0.373 e. The number of aromatic nitrogens is 2. The van der Waals surface area contributed by atoms with Crippen LogP contribution >= 0.6 is 0 Å². The summed E-state index contributed by atoms with van der Waals surface area (Å²) in [6.07, 6.45) is -0.198. The summed E-state index contributed by atoms with van der Waals surface area (Å²) in [5, 5.41) is 12.8. The fourth-order valence-corrected chi connectivity index (χ4v) is 1.87. The van der Waals surface area contributed by atoms with Gasteiger partial charge in [-0.05, 0) is 24.1 Å². The molecular formula is C14H15N3O2. The third kappa shape index (κ3) is 2.80. The van der Waals surface area contributed by atoms with Crippen LogP contribution in [0.25, 0.3) is 11.5 Å². The second-order valence-electron chi connectivity index (χ2n) is 4.55. The van der Waals surface area contributed by atoms with Crippen LogP contribution in [0.4, 0.5) is 0 Å². The van der Waals surface area contributed by atoms with Crippen molar-refractivity contribution in [1.82, 2.24) is 10.1 Å². The van der Waals surface area contributed by atoms with E-state index in [0.717, 1.165) is 5.56 Å². The molecule has 1 heterocycles. The Morgan fingerprint density at radius 3 is 2.79 bits per heavy atom. The molecule has 2 rings (SSSR count). The highest BCUT2D eigenvalue weighted by atomic mass is 16.5. The van der Waals surface area contributed by atoms with Gasteiger partial charge < -0.3 is 9.26 Å². The van der Waals surface area contributed by atoms with Gasteiger partial charge in [-0.1, -0.05) is 25.1 Å². The molecular weight excluding hydrogens is 242 g/mol. The fraction of sp³-hybridized carbons (Fsp3) is 0.357. The van der Waals surface area contributed by atoms with Crippen LogP contribution in [0.15, 0.2) is 28.8 Å². The summed E-state index contributed by atoms with van der Waals surface area (Å²) in [6, 6.07) is 9.14. The van der Waals surface area contributed by atoms with Crippen LogP contribution in [0.2, 0.25) is 0 Å². The van der Waals surface area contributed by atoms with Crippen LogP contribution in [0.1, 0.15) is 31.3 Å². The van der Waals surface area contributed by atoms with Crippen LogP contribution < -0.4 is 0 Å². The molecule has 0 N–H and O–H groups in total. The highest BCUT2D eigenvalue weighted by molar-refractivity contribution is 5.55. The number of nitriles is 1. The molecule has 1 aromatic carbocycles. The van der Waals surface area contributed by atoms with Crippen molar-refractivity contribution < 1.29 is 9.26 Å². The number of hydrogen-bond acceptors (Lipinski definition) is 5. The van der Waals surface area contributed by atoms with Gasteiger partial charge in [0, 0.05) is 12.7 Å². The minimum atomic E-state index is -0.198. The quantitative estimate of drug-likeness (QED) is 0.842. The van der Waals surface area contributed by atoms with Crippen molar-refractivity contribution in [3.05, 3.63) is 35.7 Å². The lowest BCUT2D eigenvalue weighted by atomic mass is 10.1. The molecule has 0 aliphatic heterocycles. The van der Waals surface area contributed by atoms with Crippen LogP contribution in [0, 0.1) is 17.2 Å². The maximum Gasteiger partial charge on any atom is 0.258 e. The lowest BCUT2D eigenvalue weighted by Gasteiger charge is -2.14. The van der Waals surface area contributed by atoms with E-state index < -0.39 is 0 Å². The number of benzene rings is 1. The van der Waals surface area contributed by atoms with Gasteiger partial charge in [0.25, 0.3) is 5.89 Å². The Balaban J connectivity index is 2.32. The van der Waals surface area contributed by atoms with E-state index in [-0.39, 0.29) is 12.0 Å². The van der Waals surface area contributed by atoms with Gasteiger partial charge in [0.05, 0.1) is 11.6 Å². The Morgan fingerprint density at radius 2 is 2.16 bits per heavy atom. The summed E-state index contributed by atoms with van der Waals surface area (Å²) in [6.45, 7) is 4.06. The van der Waals surface area contributed by atoms with Gasteiger partial charge in [-0.15, -0.1) is 0 Å². The third-order valence-electron chi connectivity index (χ3n) is 2.79. The fourth-order valence-electron chi connectivity index (χ4n) is 1.87. The van der Waals surface area contributed by atoms with Crippen LogP contribution in [0.3, 0.4) is 0 Å². The molecule has 0 radical (unpaired) electrons. The van der Waals surface area contributed by atoms with E-state index in [9.17, 15) is 0 Å². The highest BCUT2D eigenvalue weighted by Gasteiger charge is 2.21. The van der Waals surface area contributed by atoms with E-state index in [2.05, 4.69) is 16.2 Å². The lowest BCUT2D eigenvalue weighted by molar-refractivity contribution is 0.0556. The molecule has 5 heteroatoms. The van der Waals surface area contributed by atoms with E-state index in [1.54, 1.807) is 25.3 Å². The Kier molecular flexibility index (Phi) is 3.93. The van der Waals surface area contributed by atoms with E-state index in [4.69, 9.17) is 14.5 Å². The van der Waals surface area contributed by atoms with Crippen LogP contribution in [-0.2, 0) is 4.74 Å².